The SMILES string of the molecule is CN(CC1CCCOC1)CC(O)C1CCCCC1. The van der Waals surface area contributed by atoms with Gasteiger partial charge in [0.15, 0.2) is 0 Å². The smallest absolute Gasteiger partial charge is 0.0695 e. The van der Waals surface area contributed by atoms with E-state index >= 15 is 0 Å². The first-order valence-corrected chi connectivity index (χ1v) is 7.70. The topological polar surface area (TPSA) is 32.7 Å². The monoisotopic (exact) mass is 255 g/mol. The Hall–Kier alpha value is -0.120. The number of nitrogens with zero attached hydrogens (tertiary/aromatic N) is 1. The molecule has 0 bridgehead atoms. The average Bonchev–Trinajstić information content (AvgIpc) is 2.40. The van der Waals surface area contributed by atoms with E-state index < -0.39 is 0 Å². The van der Waals surface area contributed by atoms with Crippen LogP contribution >= 0.6 is 0 Å². The third-order valence-corrected chi connectivity index (χ3v) is 4.52. The molecular weight excluding hydrogens is 226 g/mol. The highest BCUT2D eigenvalue weighted by molar-refractivity contribution is 4.76. The highest BCUT2D eigenvalue weighted by Crippen LogP contribution is 2.27. The van der Waals surface area contributed by atoms with Gasteiger partial charge in [0, 0.05) is 19.7 Å². The van der Waals surface area contributed by atoms with Crippen LogP contribution in [0.25, 0.3) is 0 Å². The van der Waals surface area contributed by atoms with Crippen molar-refractivity contribution in [1.29, 1.82) is 0 Å². The summed E-state index contributed by atoms with van der Waals surface area (Å²) in [5.74, 6) is 1.21. The maximum Gasteiger partial charge on any atom is 0.0695 e. The minimum Gasteiger partial charge on any atom is -0.392 e. The van der Waals surface area contributed by atoms with Gasteiger partial charge in [0.05, 0.1) is 12.7 Å². The van der Waals surface area contributed by atoms with Crippen molar-refractivity contribution >= 4 is 0 Å². The Bertz CT molecular complexity index is 223. The van der Waals surface area contributed by atoms with Gasteiger partial charge in [-0.15, -0.1) is 0 Å². The quantitative estimate of drug-likeness (QED) is 0.818. The number of rotatable bonds is 5. The molecule has 0 aromatic rings. The fourth-order valence-corrected chi connectivity index (χ4v) is 3.45. The third kappa shape index (κ3) is 4.52. The molecule has 2 aliphatic rings. The number of likely N-dealkylation sites (N-methyl/N-ethyl adjacent to an activating group) is 1. The van der Waals surface area contributed by atoms with Gasteiger partial charge in [-0.25, -0.2) is 0 Å². The van der Waals surface area contributed by atoms with E-state index in [0.717, 1.165) is 26.3 Å². The summed E-state index contributed by atoms with van der Waals surface area (Å²) in [6, 6.07) is 0. The Labute approximate surface area is 112 Å². The fourth-order valence-electron chi connectivity index (χ4n) is 3.45. The summed E-state index contributed by atoms with van der Waals surface area (Å²) in [4.78, 5) is 2.30. The van der Waals surface area contributed by atoms with Crippen LogP contribution in [0.3, 0.4) is 0 Å². The summed E-state index contributed by atoms with van der Waals surface area (Å²) in [7, 11) is 2.14. The maximum atomic E-state index is 10.3. The Morgan fingerprint density at radius 2 is 1.94 bits per heavy atom. The Kier molecular flexibility index (Phi) is 5.93. The normalized spacial score (nSPS) is 28.5. The molecule has 3 nitrogen and oxygen atoms in total. The molecule has 1 aliphatic heterocycles. The van der Waals surface area contributed by atoms with E-state index in [-0.39, 0.29) is 6.10 Å². The molecule has 0 aromatic heterocycles. The van der Waals surface area contributed by atoms with E-state index in [9.17, 15) is 5.11 Å². The average molecular weight is 255 g/mol. The van der Waals surface area contributed by atoms with E-state index in [1.54, 1.807) is 0 Å². The maximum absolute atomic E-state index is 10.3. The number of hydrogen-bond acceptors (Lipinski definition) is 3. The summed E-state index contributed by atoms with van der Waals surface area (Å²) in [6.07, 6.45) is 8.78. The van der Waals surface area contributed by atoms with Crippen LogP contribution in [0.5, 0.6) is 0 Å². The summed E-state index contributed by atoms with van der Waals surface area (Å²) in [5, 5.41) is 10.3. The number of aliphatic hydroxyl groups excluding tert-OH is 1. The third-order valence-electron chi connectivity index (χ3n) is 4.52. The first-order chi connectivity index (χ1) is 8.75. The standard InChI is InChI=1S/C15H29NO2/c1-16(10-13-6-5-9-18-12-13)11-15(17)14-7-3-2-4-8-14/h13-15,17H,2-12H2,1H3. The molecule has 1 saturated carbocycles. The summed E-state index contributed by atoms with van der Waals surface area (Å²) in [6.45, 7) is 3.75. The van der Waals surface area contributed by atoms with Crippen LogP contribution in [0.15, 0.2) is 0 Å². The summed E-state index contributed by atoms with van der Waals surface area (Å²) in [5.41, 5.74) is 0. The van der Waals surface area contributed by atoms with E-state index in [2.05, 4.69) is 11.9 Å². The van der Waals surface area contributed by atoms with Crippen molar-refractivity contribution in [2.24, 2.45) is 11.8 Å². The van der Waals surface area contributed by atoms with E-state index in [0.29, 0.717) is 11.8 Å². The zero-order valence-corrected chi connectivity index (χ0v) is 11.8. The van der Waals surface area contributed by atoms with Crippen molar-refractivity contribution in [3.8, 4) is 0 Å². The van der Waals surface area contributed by atoms with Crippen molar-refractivity contribution in [2.75, 3.05) is 33.4 Å². The van der Waals surface area contributed by atoms with E-state index in [1.807, 2.05) is 0 Å². The Balaban J connectivity index is 1.67. The first kappa shape index (κ1) is 14.3. The number of ether oxygens (including phenoxy) is 1. The van der Waals surface area contributed by atoms with Crippen molar-refractivity contribution in [2.45, 2.75) is 51.0 Å². The predicted octanol–water partition coefficient (Wildman–Crippen LogP) is 2.29. The minimum atomic E-state index is -0.125. The van der Waals surface area contributed by atoms with Gasteiger partial charge in [-0.2, -0.15) is 0 Å². The van der Waals surface area contributed by atoms with Gasteiger partial charge in [-0.05, 0) is 44.6 Å². The lowest BCUT2D eigenvalue weighted by Gasteiger charge is -2.32. The van der Waals surface area contributed by atoms with Gasteiger partial charge in [0.1, 0.15) is 0 Å². The van der Waals surface area contributed by atoms with Crippen molar-refractivity contribution in [3.05, 3.63) is 0 Å². The molecule has 0 amide bonds. The molecule has 0 spiro atoms. The van der Waals surface area contributed by atoms with Crippen LogP contribution in [-0.4, -0.2) is 49.5 Å². The molecule has 0 radical (unpaired) electrons. The van der Waals surface area contributed by atoms with E-state index in [1.165, 1.54) is 44.9 Å². The van der Waals surface area contributed by atoms with E-state index in [4.69, 9.17) is 4.74 Å². The van der Waals surface area contributed by atoms with Crippen molar-refractivity contribution < 1.29 is 9.84 Å². The number of hydrogen-bond donors (Lipinski definition) is 1. The largest absolute Gasteiger partial charge is 0.392 e. The zero-order chi connectivity index (χ0) is 12.8. The second-order valence-electron chi connectivity index (χ2n) is 6.27. The molecular formula is C15H29NO2. The molecule has 1 saturated heterocycles. The van der Waals surface area contributed by atoms with Crippen LogP contribution in [0.2, 0.25) is 0 Å². The summed E-state index contributed by atoms with van der Waals surface area (Å²) >= 11 is 0. The molecule has 2 unspecified atom stereocenters. The lowest BCUT2D eigenvalue weighted by atomic mass is 9.85. The number of aliphatic hydroxyl groups is 1. The second kappa shape index (κ2) is 7.46. The lowest BCUT2D eigenvalue weighted by Crippen LogP contribution is -2.39. The summed E-state index contributed by atoms with van der Waals surface area (Å²) < 4.78 is 5.52. The van der Waals surface area contributed by atoms with Gasteiger partial charge in [-0.1, -0.05) is 19.3 Å². The molecule has 0 aromatic carbocycles. The van der Waals surface area contributed by atoms with Crippen LogP contribution in [0, 0.1) is 11.8 Å². The van der Waals surface area contributed by atoms with Gasteiger partial charge >= 0.3 is 0 Å². The molecule has 1 aliphatic carbocycles. The highest BCUT2D eigenvalue weighted by Gasteiger charge is 2.24. The Morgan fingerprint density at radius 1 is 1.17 bits per heavy atom. The first-order valence-electron chi connectivity index (χ1n) is 7.70. The zero-order valence-electron chi connectivity index (χ0n) is 11.8. The molecule has 1 N–H and O–H groups in total. The molecule has 106 valence electrons. The molecule has 18 heavy (non-hydrogen) atoms. The van der Waals surface area contributed by atoms with Crippen LogP contribution in [0.1, 0.15) is 44.9 Å². The van der Waals surface area contributed by atoms with Gasteiger partial charge in [-0.3, -0.25) is 0 Å². The van der Waals surface area contributed by atoms with Gasteiger partial charge < -0.3 is 14.7 Å². The van der Waals surface area contributed by atoms with Crippen LogP contribution in [0.4, 0.5) is 0 Å². The van der Waals surface area contributed by atoms with Crippen LogP contribution in [-0.2, 0) is 4.74 Å². The molecule has 2 fully saturated rings. The minimum absolute atomic E-state index is 0.125. The lowest BCUT2D eigenvalue weighted by molar-refractivity contribution is 0.0211. The molecule has 2 atom stereocenters. The van der Waals surface area contributed by atoms with Crippen LogP contribution < -0.4 is 0 Å². The van der Waals surface area contributed by atoms with Gasteiger partial charge in [0.2, 0.25) is 0 Å². The molecule has 3 heteroatoms. The molecule has 2 rings (SSSR count). The predicted molar refractivity (Wildman–Crippen MR) is 73.6 cm³/mol. The van der Waals surface area contributed by atoms with Gasteiger partial charge in [0.25, 0.3) is 0 Å². The fraction of sp³-hybridized carbons (Fsp3) is 1.00. The van der Waals surface area contributed by atoms with Crippen molar-refractivity contribution in [1.82, 2.24) is 4.90 Å². The highest BCUT2D eigenvalue weighted by atomic mass is 16.5. The van der Waals surface area contributed by atoms with Crippen molar-refractivity contribution in [3.63, 3.8) is 0 Å². The Morgan fingerprint density at radius 3 is 2.61 bits per heavy atom. The second-order valence-corrected chi connectivity index (χ2v) is 6.27. The molecule has 1 heterocycles.